The van der Waals surface area contributed by atoms with Crippen LogP contribution in [0, 0.1) is 0 Å². The van der Waals surface area contributed by atoms with Gasteiger partial charge in [-0.1, -0.05) is 0 Å². The third-order valence-electron chi connectivity index (χ3n) is 5.94. The molecule has 7 nitrogen and oxygen atoms in total. The van der Waals surface area contributed by atoms with E-state index < -0.39 is 11.9 Å². The molecule has 1 aliphatic carbocycles. The zero-order valence-electron chi connectivity index (χ0n) is 17.1. The summed E-state index contributed by atoms with van der Waals surface area (Å²) in [5, 5.41) is 19.5. The number of halogens is 3. The number of hydrogen-bond acceptors (Lipinski definition) is 7. The number of nitrogens with one attached hydrogen (secondary N) is 3. The molecule has 168 valence electrons. The van der Waals surface area contributed by atoms with Gasteiger partial charge in [0.2, 0.25) is 5.95 Å². The number of aromatic nitrogens is 3. The Labute approximate surface area is 178 Å². The minimum Gasteiger partial charge on any atom is -0.393 e. The van der Waals surface area contributed by atoms with Crippen molar-refractivity contribution in [3.63, 3.8) is 0 Å². The lowest BCUT2D eigenvalue weighted by Crippen LogP contribution is -2.30. The Kier molecular flexibility index (Phi) is 6.57. The third-order valence-corrected chi connectivity index (χ3v) is 5.94. The van der Waals surface area contributed by atoms with E-state index >= 15 is 0 Å². The van der Waals surface area contributed by atoms with Crippen LogP contribution in [0.25, 0.3) is 0 Å². The fraction of sp³-hybridized carbons (Fsp3) is 0.571. The van der Waals surface area contributed by atoms with Crippen LogP contribution in [0.3, 0.4) is 0 Å². The van der Waals surface area contributed by atoms with Gasteiger partial charge in [0.05, 0.1) is 6.10 Å². The largest absolute Gasteiger partial charge is 0.433 e. The average molecular weight is 436 g/mol. The zero-order chi connectivity index (χ0) is 21.8. The summed E-state index contributed by atoms with van der Waals surface area (Å²) in [5.41, 5.74) is 0.287. The van der Waals surface area contributed by atoms with Crippen molar-refractivity contribution < 1.29 is 18.3 Å². The Hall–Kier alpha value is -2.46. The van der Waals surface area contributed by atoms with Crippen LogP contribution in [0.2, 0.25) is 0 Å². The molecule has 3 heterocycles. The Morgan fingerprint density at radius 1 is 1.03 bits per heavy atom. The van der Waals surface area contributed by atoms with Gasteiger partial charge in [-0.05, 0) is 69.7 Å². The maximum atomic E-state index is 13.0. The second kappa shape index (κ2) is 9.35. The Morgan fingerprint density at radius 2 is 1.77 bits per heavy atom. The highest BCUT2D eigenvalue weighted by Gasteiger charge is 2.32. The molecule has 0 spiro atoms. The molecule has 0 amide bonds. The Bertz CT molecular complexity index is 880. The molecule has 0 aromatic carbocycles. The number of piperidine rings is 1. The summed E-state index contributed by atoms with van der Waals surface area (Å²) in [6.45, 7) is 1.86. The van der Waals surface area contributed by atoms with E-state index in [1.807, 2.05) is 0 Å². The number of hydrogen-bond donors (Lipinski definition) is 4. The molecule has 4 rings (SSSR count). The molecule has 2 fully saturated rings. The van der Waals surface area contributed by atoms with Crippen molar-refractivity contribution in [3.8, 4) is 0 Å². The lowest BCUT2D eigenvalue weighted by atomic mass is 9.90. The van der Waals surface area contributed by atoms with Gasteiger partial charge in [-0.25, -0.2) is 4.98 Å². The molecule has 0 atom stereocenters. The van der Waals surface area contributed by atoms with Crippen LogP contribution in [0.5, 0.6) is 0 Å². The molecule has 31 heavy (non-hydrogen) atoms. The van der Waals surface area contributed by atoms with Crippen molar-refractivity contribution in [1.29, 1.82) is 0 Å². The Balaban J connectivity index is 1.57. The molecule has 2 aromatic heterocycles. The smallest absolute Gasteiger partial charge is 0.393 e. The summed E-state index contributed by atoms with van der Waals surface area (Å²) in [6.07, 6.45) is 3.26. The van der Waals surface area contributed by atoms with E-state index in [2.05, 4.69) is 30.9 Å². The summed E-state index contributed by atoms with van der Waals surface area (Å²) in [5.74, 6) is 1.27. The third kappa shape index (κ3) is 5.62. The van der Waals surface area contributed by atoms with Gasteiger partial charge in [-0.2, -0.15) is 18.2 Å². The maximum absolute atomic E-state index is 13.0. The minimum atomic E-state index is -4.52. The van der Waals surface area contributed by atoms with Gasteiger partial charge in [0.25, 0.3) is 0 Å². The normalized spacial score (nSPS) is 22.8. The number of anilines is 3. The SMILES string of the molecule is OC1CCC(Nc2nc(Nc3ccnc(C(F)(F)F)c3)ncc2C2CCNCC2)CC1. The van der Waals surface area contributed by atoms with E-state index in [1.54, 1.807) is 6.20 Å². The van der Waals surface area contributed by atoms with Crippen molar-refractivity contribution >= 4 is 17.5 Å². The monoisotopic (exact) mass is 436 g/mol. The van der Waals surface area contributed by atoms with E-state index in [4.69, 9.17) is 0 Å². The molecule has 1 aliphatic heterocycles. The predicted molar refractivity (Wildman–Crippen MR) is 111 cm³/mol. The second-order valence-corrected chi connectivity index (χ2v) is 8.22. The van der Waals surface area contributed by atoms with Gasteiger partial charge in [0.15, 0.2) is 0 Å². The standard InChI is InChI=1S/C21H27F3N6O/c22-21(23,24)18-11-15(7-10-26-18)29-20-27-12-17(13-5-8-25-9-6-13)19(30-20)28-14-1-3-16(31)4-2-14/h7,10-14,16,25,31H,1-6,8-9H2,(H2,26,27,28,29,30). The fourth-order valence-electron chi connectivity index (χ4n) is 4.20. The van der Waals surface area contributed by atoms with Gasteiger partial charge >= 0.3 is 6.18 Å². The maximum Gasteiger partial charge on any atom is 0.433 e. The van der Waals surface area contributed by atoms with Crippen LogP contribution >= 0.6 is 0 Å². The highest BCUT2D eigenvalue weighted by atomic mass is 19.4. The quantitative estimate of drug-likeness (QED) is 0.566. The number of nitrogens with zero attached hydrogens (tertiary/aromatic N) is 3. The van der Waals surface area contributed by atoms with E-state index in [1.165, 1.54) is 6.07 Å². The van der Waals surface area contributed by atoms with E-state index in [-0.39, 0.29) is 23.8 Å². The molecule has 1 saturated heterocycles. The summed E-state index contributed by atoms with van der Waals surface area (Å²) in [6, 6.07) is 2.60. The van der Waals surface area contributed by atoms with Crippen LogP contribution < -0.4 is 16.0 Å². The average Bonchev–Trinajstić information content (AvgIpc) is 2.76. The second-order valence-electron chi connectivity index (χ2n) is 8.22. The topological polar surface area (TPSA) is 95.0 Å². The number of alkyl halides is 3. The molecular weight excluding hydrogens is 409 g/mol. The molecule has 0 unspecified atom stereocenters. The van der Waals surface area contributed by atoms with E-state index in [0.717, 1.165) is 75.3 Å². The predicted octanol–water partition coefficient (Wildman–Crippen LogP) is 3.82. The van der Waals surface area contributed by atoms with Crippen molar-refractivity contribution in [2.75, 3.05) is 23.7 Å². The minimum absolute atomic E-state index is 0.198. The van der Waals surface area contributed by atoms with E-state index in [0.29, 0.717) is 5.92 Å². The molecular formula is C21H27F3N6O. The van der Waals surface area contributed by atoms with Crippen LogP contribution in [0.15, 0.2) is 24.5 Å². The van der Waals surface area contributed by atoms with Crippen molar-refractivity contribution in [2.45, 2.75) is 62.8 Å². The lowest BCUT2D eigenvalue weighted by molar-refractivity contribution is -0.141. The summed E-state index contributed by atoms with van der Waals surface area (Å²) in [4.78, 5) is 12.4. The fourth-order valence-corrected chi connectivity index (χ4v) is 4.20. The van der Waals surface area contributed by atoms with Crippen LogP contribution in [-0.2, 0) is 6.18 Å². The molecule has 2 aromatic rings. The van der Waals surface area contributed by atoms with Gasteiger partial charge in [0.1, 0.15) is 11.5 Å². The molecule has 2 aliphatic rings. The first-order chi connectivity index (χ1) is 14.9. The van der Waals surface area contributed by atoms with Crippen LogP contribution in [0.1, 0.15) is 55.7 Å². The lowest BCUT2D eigenvalue weighted by Gasteiger charge is -2.29. The van der Waals surface area contributed by atoms with Crippen molar-refractivity contribution in [2.24, 2.45) is 0 Å². The zero-order valence-corrected chi connectivity index (χ0v) is 17.1. The number of rotatable bonds is 5. The summed E-state index contributed by atoms with van der Waals surface area (Å²) in [7, 11) is 0. The number of aliphatic hydroxyl groups is 1. The van der Waals surface area contributed by atoms with Crippen molar-refractivity contribution in [1.82, 2.24) is 20.3 Å². The summed E-state index contributed by atoms with van der Waals surface area (Å²) >= 11 is 0. The van der Waals surface area contributed by atoms with Crippen LogP contribution in [0.4, 0.5) is 30.6 Å². The van der Waals surface area contributed by atoms with E-state index in [9.17, 15) is 18.3 Å². The van der Waals surface area contributed by atoms with Gasteiger partial charge in [0, 0.05) is 29.7 Å². The molecule has 1 saturated carbocycles. The van der Waals surface area contributed by atoms with Gasteiger partial charge < -0.3 is 21.1 Å². The summed E-state index contributed by atoms with van der Waals surface area (Å²) < 4.78 is 38.9. The van der Waals surface area contributed by atoms with Gasteiger partial charge in [-0.3, -0.25) is 4.98 Å². The molecule has 10 heteroatoms. The Morgan fingerprint density at radius 3 is 2.48 bits per heavy atom. The van der Waals surface area contributed by atoms with Gasteiger partial charge in [-0.15, -0.1) is 0 Å². The van der Waals surface area contributed by atoms with Crippen LogP contribution in [-0.4, -0.2) is 45.3 Å². The number of aliphatic hydroxyl groups excluding tert-OH is 1. The first-order valence-corrected chi connectivity index (χ1v) is 10.7. The first kappa shape index (κ1) is 21.8. The highest BCUT2D eigenvalue weighted by Crippen LogP contribution is 2.33. The molecule has 4 N–H and O–H groups in total. The molecule has 0 radical (unpaired) electrons. The first-order valence-electron chi connectivity index (χ1n) is 10.7. The molecule has 0 bridgehead atoms. The van der Waals surface area contributed by atoms with Crippen molar-refractivity contribution in [3.05, 3.63) is 35.8 Å². The number of pyridine rings is 1. The highest BCUT2D eigenvalue weighted by molar-refractivity contribution is 5.57.